The average molecular weight is 477 g/mol. The standard InChI is InChI=1S/C22H21ClN2O4S2/c1-29-19-10-6-18(7-11-19)25-31(27,28)20-12-8-17(9-13-20)24-22(26)15-30-14-16-4-2-3-5-21(16)23/h2-13,25H,14-15H2,1H3,(H,24,26). The number of sulfonamides is 1. The van der Waals surface area contributed by atoms with Gasteiger partial charge in [0.2, 0.25) is 5.91 Å². The van der Waals surface area contributed by atoms with Gasteiger partial charge in [0, 0.05) is 22.2 Å². The molecule has 0 saturated heterocycles. The minimum absolute atomic E-state index is 0.0920. The zero-order chi connectivity index (χ0) is 22.3. The molecule has 0 unspecified atom stereocenters. The van der Waals surface area contributed by atoms with Gasteiger partial charge < -0.3 is 10.1 Å². The molecule has 162 valence electrons. The number of anilines is 2. The highest BCUT2D eigenvalue weighted by atomic mass is 35.5. The molecule has 2 N–H and O–H groups in total. The van der Waals surface area contributed by atoms with E-state index in [0.717, 1.165) is 5.56 Å². The van der Waals surface area contributed by atoms with Crippen LogP contribution in [-0.2, 0) is 20.6 Å². The van der Waals surface area contributed by atoms with Crippen LogP contribution in [0.2, 0.25) is 5.02 Å². The van der Waals surface area contributed by atoms with Crippen molar-refractivity contribution < 1.29 is 17.9 Å². The molecule has 0 aliphatic heterocycles. The van der Waals surface area contributed by atoms with Crippen molar-refractivity contribution in [2.75, 3.05) is 22.9 Å². The fraction of sp³-hybridized carbons (Fsp3) is 0.136. The molecule has 0 aliphatic rings. The van der Waals surface area contributed by atoms with Gasteiger partial charge in [0.1, 0.15) is 5.75 Å². The van der Waals surface area contributed by atoms with Gasteiger partial charge in [0.25, 0.3) is 10.0 Å². The maximum Gasteiger partial charge on any atom is 0.261 e. The number of ether oxygens (including phenoxy) is 1. The number of thioether (sulfide) groups is 1. The Morgan fingerprint density at radius 1 is 0.968 bits per heavy atom. The first-order valence-corrected chi connectivity index (χ1v) is 12.3. The van der Waals surface area contributed by atoms with Crippen molar-refractivity contribution in [1.82, 2.24) is 0 Å². The average Bonchev–Trinajstić information content (AvgIpc) is 2.76. The van der Waals surface area contributed by atoms with Gasteiger partial charge in [0.05, 0.1) is 17.8 Å². The maximum atomic E-state index is 12.5. The van der Waals surface area contributed by atoms with Gasteiger partial charge in [-0.3, -0.25) is 9.52 Å². The molecule has 3 aromatic carbocycles. The van der Waals surface area contributed by atoms with Crippen molar-refractivity contribution in [3.05, 3.63) is 83.4 Å². The lowest BCUT2D eigenvalue weighted by Crippen LogP contribution is -2.15. The number of nitrogens with one attached hydrogen (secondary N) is 2. The number of carbonyl (C=O) groups excluding carboxylic acids is 1. The van der Waals surface area contributed by atoms with E-state index < -0.39 is 10.0 Å². The van der Waals surface area contributed by atoms with Gasteiger partial charge in [-0.05, 0) is 60.2 Å². The van der Waals surface area contributed by atoms with E-state index in [-0.39, 0.29) is 16.6 Å². The highest BCUT2D eigenvalue weighted by molar-refractivity contribution is 7.99. The van der Waals surface area contributed by atoms with Crippen molar-refractivity contribution in [3.8, 4) is 5.75 Å². The molecule has 9 heteroatoms. The predicted molar refractivity (Wildman–Crippen MR) is 126 cm³/mol. The van der Waals surface area contributed by atoms with Crippen molar-refractivity contribution in [2.45, 2.75) is 10.6 Å². The second kappa shape index (κ2) is 10.6. The summed E-state index contributed by atoms with van der Waals surface area (Å²) in [5, 5.41) is 3.44. The molecule has 0 aromatic heterocycles. The summed E-state index contributed by atoms with van der Waals surface area (Å²) in [7, 11) is -2.21. The zero-order valence-corrected chi connectivity index (χ0v) is 19.1. The lowest BCUT2D eigenvalue weighted by atomic mass is 10.2. The molecule has 0 spiro atoms. The molecular weight excluding hydrogens is 456 g/mol. The molecule has 3 rings (SSSR count). The highest BCUT2D eigenvalue weighted by Gasteiger charge is 2.14. The van der Waals surface area contributed by atoms with E-state index in [1.165, 1.54) is 31.0 Å². The Labute approximate surface area is 191 Å². The van der Waals surface area contributed by atoms with Crippen LogP contribution in [0.25, 0.3) is 0 Å². The summed E-state index contributed by atoms with van der Waals surface area (Å²) >= 11 is 7.56. The number of hydrogen-bond donors (Lipinski definition) is 2. The Kier molecular flexibility index (Phi) is 7.84. The fourth-order valence-corrected chi connectivity index (χ4v) is 4.83. The van der Waals surface area contributed by atoms with Crippen LogP contribution in [0.5, 0.6) is 5.75 Å². The molecule has 0 heterocycles. The van der Waals surface area contributed by atoms with Gasteiger partial charge in [-0.2, -0.15) is 0 Å². The van der Waals surface area contributed by atoms with E-state index in [1.54, 1.807) is 36.4 Å². The molecule has 6 nitrogen and oxygen atoms in total. The monoisotopic (exact) mass is 476 g/mol. The molecule has 3 aromatic rings. The van der Waals surface area contributed by atoms with Crippen LogP contribution in [0.3, 0.4) is 0 Å². The van der Waals surface area contributed by atoms with Gasteiger partial charge in [-0.1, -0.05) is 29.8 Å². The number of amides is 1. The number of methoxy groups -OCH3 is 1. The second-order valence-electron chi connectivity index (χ2n) is 6.49. The lowest BCUT2D eigenvalue weighted by molar-refractivity contribution is -0.113. The maximum absolute atomic E-state index is 12.5. The third kappa shape index (κ3) is 6.65. The van der Waals surface area contributed by atoms with E-state index in [0.29, 0.717) is 27.9 Å². The van der Waals surface area contributed by atoms with E-state index in [2.05, 4.69) is 10.0 Å². The zero-order valence-electron chi connectivity index (χ0n) is 16.7. The topological polar surface area (TPSA) is 84.5 Å². The van der Waals surface area contributed by atoms with Gasteiger partial charge in [-0.15, -0.1) is 11.8 Å². The van der Waals surface area contributed by atoms with E-state index in [1.807, 2.05) is 24.3 Å². The Morgan fingerprint density at radius 2 is 1.61 bits per heavy atom. The van der Waals surface area contributed by atoms with E-state index in [9.17, 15) is 13.2 Å². The molecule has 0 radical (unpaired) electrons. The Morgan fingerprint density at radius 3 is 2.26 bits per heavy atom. The lowest BCUT2D eigenvalue weighted by Gasteiger charge is -2.10. The molecule has 0 aliphatic carbocycles. The van der Waals surface area contributed by atoms with Crippen LogP contribution in [0, 0.1) is 0 Å². The second-order valence-corrected chi connectivity index (χ2v) is 9.57. The summed E-state index contributed by atoms with van der Waals surface area (Å²) in [6.45, 7) is 0. The summed E-state index contributed by atoms with van der Waals surface area (Å²) in [6.07, 6.45) is 0. The van der Waals surface area contributed by atoms with Crippen LogP contribution in [0.1, 0.15) is 5.56 Å². The number of benzene rings is 3. The molecule has 0 saturated carbocycles. The quantitative estimate of drug-likeness (QED) is 0.453. The Balaban J connectivity index is 1.53. The van der Waals surface area contributed by atoms with Crippen LogP contribution in [-0.4, -0.2) is 27.2 Å². The summed E-state index contributed by atoms with van der Waals surface area (Å²) in [5.41, 5.74) is 1.92. The SMILES string of the molecule is COc1ccc(NS(=O)(=O)c2ccc(NC(=O)CSCc3ccccc3Cl)cc2)cc1. The van der Waals surface area contributed by atoms with E-state index >= 15 is 0 Å². The third-order valence-corrected chi connectivity index (χ3v) is 6.99. The van der Waals surface area contributed by atoms with Gasteiger partial charge in [-0.25, -0.2) is 8.42 Å². The van der Waals surface area contributed by atoms with Crippen LogP contribution >= 0.6 is 23.4 Å². The van der Waals surface area contributed by atoms with Gasteiger partial charge >= 0.3 is 0 Å². The summed E-state index contributed by atoms with van der Waals surface area (Å²) in [6, 6.07) is 20.1. The molecular formula is C22H21ClN2O4S2. The fourth-order valence-electron chi connectivity index (χ4n) is 2.66. The largest absolute Gasteiger partial charge is 0.497 e. The predicted octanol–water partition coefficient (Wildman–Crippen LogP) is 5.02. The molecule has 0 bridgehead atoms. The van der Waals surface area contributed by atoms with Crippen molar-refractivity contribution in [3.63, 3.8) is 0 Å². The normalized spacial score (nSPS) is 11.0. The summed E-state index contributed by atoms with van der Waals surface area (Å²) in [5.74, 6) is 1.34. The number of rotatable bonds is 9. The first kappa shape index (κ1) is 23.0. The minimum atomic E-state index is -3.75. The van der Waals surface area contributed by atoms with Crippen molar-refractivity contribution in [2.24, 2.45) is 0 Å². The van der Waals surface area contributed by atoms with Crippen molar-refractivity contribution in [1.29, 1.82) is 0 Å². The smallest absolute Gasteiger partial charge is 0.261 e. The van der Waals surface area contributed by atoms with Crippen LogP contribution < -0.4 is 14.8 Å². The Hall–Kier alpha value is -2.68. The molecule has 31 heavy (non-hydrogen) atoms. The molecule has 0 atom stereocenters. The minimum Gasteiger partial charge on any atom is -0.497 e. The first-order chi connectivity index (χ1) is 14.9. The van der Waals surface area contributed by atoms with Crippen molar-refractivity contribution >= 4 is 50.7 Å². The highest BCUT2D eigenvalue weighted by Crippen LogP contribution is 2.22. The molecule has 1 amide bonds. The first-order valence-electron chi connectivity index (χ1n) is 9.25. The number of halogens is 1. The number of hydrogen-bond acceptors (Lipinski definition) is 5. The van der Waals surface area contributed by atoms with Gasteiger partial charge in [0.15, 0.2) is 0 Å². The van der Waals surface area contributed by atoms with Crippen LogP contribution in [0.15, 0.2) is 77.7 Å². The Bertz CT molecular complexity index is 1130. The summed E-state index contributed by atoms with van der Waals surface area (Å²) in [4.78, 5) is 12.2. The van der Waals surface area contributed by atoms with Crippen LogP contribution in [0.4, 0.5) is 11.4 Å². The number of carbonyl (C=O) groups is 1. The third-order valence-electron chi connectivity index (χ3n) is 4.24. The van der Waals surface area contributed by atoms with E-state index in [4.69, 9.17) is 16.3 Å². The molecule has 0 fully saturated rings. The summed E-state index contributed by atoms with van der Waals surface area (Å²) < 4.78 is 32.7.